The number of aliphatic imine (C=N–C) groups is 1. The van der Waals surface area contributed by atoms with Crippen LogP contribution in [0.4, 0.5) is 0 Å². The van der Waals surface area contributed by atoms with Crippen LogP contribution >= 0.6 is 0 Å². The third kappa shape index (κ3) is 4.67. The van der Waals surface area contributed by atoms with Crippen LogP contribution in [0.3, 0.4) is 0 Å². The van der Waals surface area contributed by atoms with Crippen LogP contribution in [-0.4, -0.2) is 47.5 Å². The van der Waals surface area contributed by atoms with E-state index in [9.17, 15) is 0 Å². The summed E-state index contributed by atoms with van der Waals surface area (Å²) in [5.74, 6) is 5.07. The maximum absolute atomic E-state index is 5.27. The van der Waals surface area contributed by atoms with E-state index in [-0.39, 0.29) is 0 Å². The summed E-state index contributed by atoms with van der Waals surface area (Å²) >= 11 is 0. The zero-order valence-corrected chi connectivity index (χ0v) is 20.8. The summed E-state index contributed by atoms with van der Waals surface area (Å²) in [4.78, 5) is 11.0. The summed E-state index contributed by atoms with van der Waals surface area (Å²) in [6.07, 6.45) is 20.4. The molecule has 2 atom stereocenters. The fraction of sp³-hybridized carbons (Fsp3) is 0.964. The molecule has 0 N–H and O–H groups in total. The number of hydrogen-bond acceptors (Lipinski definition) is 3. The van der Waals surface area contributed by atoms with E-state index in [4.69, 9.17) is 4.99 Å². The molecule has 0 radical (unpaired) electrons. The van der Waals surface area contributed by atoms with Gasteiger partial charge in [-0.2, -0.15) is 0 Å². The summed E-state index contributed by atoms with van der Waals surface area (Å²) in [6.45, 7) is 11.0. The van der Waals surface area contributed by atoms with Crippen molar-refractivity contribution in [2.45, 2.75) is 123 Å². The van der Waals surface area contributed by atoms with Crippen LogP contribution in [0.25, 0.3) is 0 Å². The lowest BCUT2D eigenvalue weighted by Gasteiger charge is -2.40. The Balaban J connectivity index is 1.28. The van der Waals surface area contributed by atoms with Gasteiger partial charge >= 0.3 is 0 Å². The number of nitrogens with zero attached hydrogens (tertiary/aromatic N) is 3. The monoisotopic (exact) mass is 427 g/mol. The first-order chi connectivity index (χ1) is 15.0. The molecule has 0 bridgehead atoms. The topological polar surface area (TPSA) is 18.8 Å². The summed E-state index contributed by atoms with van der Waals surface area (Å²) in [5.41, 5.74) is 0.489. The van der Waals surface area contributed by atoms with Crippen molar-refractivity contribution in [2.75, 3.05) is 19.6 Å². The van der Waals surface area contributed by atoms with Crippen molar-refractivity contribution >= 4 is 5.96 Å². The molecule has 0 aromatic heterocycles. The van der Waals surface area contributed by atoms with E-state index in [1.807, 2.05) is 0 Å². The van der Waals surface area contributed by atoms with E-state index >= 15 is 0 Å². The third-order valence-electron chi connectivity index (χ3n) is 10.0. The lowest BCUT2D eigenvalue weighted by atomic mass is 9.69. The standard InChI is InChI=1S/C28H49N3/c1-28(2,3)24-16-14-21(15-17-24)19-30-26(23-12-8-5-9-13-23)20-31-25(18-29-27(30)31)22-10-6-4-7-11-22/h21-26H,4-20H2,1-3H3/t21?,24?,25-,26+/m0/s1. The quantitative estimate of drug-likeness (QED) is 0.495. The SMILES string of the molecule is CC(C)(C)C1CCC(CN2C3=NC[C@@H](C4CCCCC4)N3C[C@@H]2C2CCCCC2)CC1. The molecule has 3 heteroatoms. The van der Waals surface area contributed by atoms with Crippen LogP contribution < -0.4 is 0 Å². The van der Waals surface area contributed by atoms with Crippen molar-refractivity contribution in [1.29, 1.82) is 0 Å². The summed E-state index contributed by atoms with van der Waals surface area (Å²) in [5, 5.41) is 0. The number of fused-ring (bicyclic) bond motifs is 1. The minimum atomic E-state index is 0.489. The molecule has 3 aliphatic carbocycles. The van der Waals surface area contributed by atoms with E-state index in [1.54, 1.807) is 0 Å². The van der Waals surface area contributed by atoms with Crippen molar-refractivity contribution in [3.05, 3.63) is 0 Å². The Bertz CT molecular complexity index is 615. The Labute approximate surface area is 192 Å². The van der Waals surface area contributed by atoms with Gasteiger partial charge in [0.1, 0.15) is 0 Å². The van der Waals surface area contributed by atoms with Gasteiger partial charge in [-0.3, -0.25) is 4.99 Å². The molecule has 4 fully saturated rings. The first-order valence-electron chi connectivity index (χ1n) is 14.1. The molecule has 3 nitrogen and oxygen atoms in total. The molecule has 5 rings (SSSR count). The second kappa shape index (κ2) is 9.26. The first-order valence-corrected chi connectivity index (χ1v) is 14.1. The predicted molar refractivity (Wildman–Crippen MR) is 131 cm³/mol. The Hall–Kier alpha value is -0.730. The largest absolute Gasteiger partial charge is 0.338 e. The third-order valence-corrected chi connectivity index (χ3v) is 10.0. The molecule has 0 unspecified atom stereocenters. The Morgan fingerprint density at radius 1 is 0.742 bits per heavy atom. The van der Waals surface area contributed by atoms with Gasteiger partial charge in [-0.15, -0.1) is 0 Å². The van der Waals surface area contributed by atoms with Crippen LogP contribution in [-0.2, 0) is 0 Å². The van der Waals surface area contributed by atoms with Gasteiger partial charge in [-0.1, -0.05) is 59.3 Å². The van der Waals surface area contributed by atoms with Crippen LogP contribution in [0, 0.1) is 29.1 Å². The Kier molecular flexibility index (Phi) is 6.59. The Morgan fingerprint density at radius 2 is 1.32 bits per heavy atom. The minimum Gasteiger partial charge on any atom is -0.338 e. The van der Waals surface area contributed by atoms with Gasteiger partial charge in [0.25, 0.3) is 0 Å². The maximum atomic E-state index is 5.27. The van der Waals surface area contributed by atoms with Gasteiger partial charge in [-0.25, -0.2) is 0 Å². The van der Waals surface area contributed by atoms with Crippen molar-refractivity contribution in [2.24, 2.45) is 34.1 Å². The molecular weight excluding hydrogens is 378 g/mol. The van der Waals surface area contributed by atoms with Gasteiger partial charge < -0.3 is 9.80 Å². The van der Waals surface area contributed by atoms with Crippen LogP contribution in [0.1, 0.15) is 111 Å². The molecule has 0 amide bonds. The molecule has 0 aromatic carbocycles. The van der Waals surface area contributed by atoms with Gasteiger partial charge in [0.15, 0.2) is 5.96 Å². The van der Waals surface area contributed by atoms with E-state index in [2.05, 4.69) is 30.6 Å². The fourth-order valence-electron chi connectivity index (χ4n) is 7.99. The highest BCUT2D eigenvalue weighted by molar-refractivity contribution is 5.84. The number of hydrogen-bond donors (Lipinski definition) is 0. The highest BCUT2D eigenvalue weighted by Crippen LogP contribution is 2.43. The highest BCUT2D eigenvalue weighted by Gasteiger charge is 2.47. The number of guanidine groups is 1. The molecule has 0 aromatic rings. The maximum Gasteiger partial charge on any atom is 0.197 e. The molecule has 3 saturated carbocycles. The van der Waals surface area contributed by atoms with Crippen molar-refractivity contribution < 1.29 is 0 Å². The summed E-state index contributed by atoms with van der Waals surface area (Å²) in [6, 6.07) is 1.48. The van der Waals surface area contributed by atoms with Gasteiger partial charge in [-0.05, 0) is 80.5 Å². The summed E-state index contributed by atoms with van der Waals surface area (Å²) < 4.78 is 0. The molecule has 2 aliphatic heterocycles. The normalized spacial score (nSPS) is 36.0. The summed E-state index contributed by atoms with van der Waals surface area (Å²) in [7, 11) is 0. The second-order valence-corrected chi connectivity index (χ2v) is 13.0. The molecule has 2 heterocycles. The zero-order chi connectivity index (χ0) is 21.4. The molecule has 31 heavy (non-hydrogen) atoms. The molecular formula is C28H49N3. The lowest BCUT2D eigenvalue weighted by Crippen LogP contribution is -2.44. The van der Waals surface area contributed by atoms with Gasteiger partial charge in [0.2, 0.25) is 0 Å². The smallest absolute Gasteiger partial charge is 0.197 e. The molecule has 5 aliphatic rings. The van der Waals surface area contributed by atoms with Crippen LogP contribution in [0.5, 0.6) is 0 Å². The Morgan fingerprint density at radius 3 is 1.90 bits per heavy atom. The zero-order valence-electron chi connectivity index (χ0n) is 20.8. The van der Waals surface area contributed by atoms with Crippen molar-refractivity contribution in [3.8, 4) is 0 Å². The lowest BCUT2D eigenvalue weighted by molar-refractivity contribution is 0.121. The van der Waals surface area contributed by atoms with E-state index in [0.29, 0.717) is 5.41 Å². The second-order valence-electron chi connectivity index (χ2n) is 13.0. The highest BCUT2D eigenvalue weighted by atomic mass is 15.5. The van der Waals surface area contributed by atoms with Crippen molar-refractivity contribution in [1.82, 2.24) is 9.80 Å². The first kappa shape index (κ1) is 22.1. The molecule has 1 saturated heterocycles. The number of rotatable bonds is 4. The average molecular weight is 428 g/mol. The van der Waals surface area contributed by atoms with Gasteiger partial charge in [0.05, 0.1) is 18.6 Å². The van der Waals surface area contributed by atoms with E-state index in [1.165, 1.54) is 109 Å². The van der Waals surface area contributed by atoms with Crippen molar-refractivity contribution in [3.63, 3.8) is 0 Å². The molecule has 0 spiro atoms. The fourth-order valence-corrected chi connectivity index (χ4v) is 7.99. The van der Waals surface area contributed by atoms with Crippen LogP contribution in [0.15, 0.2) is 4.99 Å². The van der Waals surface area contributed by atoms with Gasteiger partial charge in [0, 0.05) is 13.1 Å². The predicted octanol–water partition coefficient (Wildman–Crippen LogP) is 6.72. The molecule has 176 valence electrons. The van der Waals surface area contributed by atoms with E-state index in [0.717, 1.165) is 42.3 Å². The average Bonchev–Trinajstić information content (AvgIpc) is 3.35. The van der Waals surface area contributed by atoms with Crippen LogP contribution in [0.2, 0.25) is 0 Å². The van der Waals surface area contributed by atoms with E-state index < -0.39 is 0 Å². The minimum absolute atomic E-state index is 0.489.